The Morgan fingerprint density at radius 2 is 2.21 bits per heavy atom. The van der Waals surface area contributed by atoms with Crippen LogP contribution in [-0.2, 0) is 0 Å². The van der Waals surface area contributed by atoms with E-state index in [0.29, 0.717) is 29.7 Å². The van der Waals surface area contributed by atoms with E-state index in [9.17, 15) is 0 Å². The van der Waals surface area contributed by atoms with E-state index < -0.39 is 0 Å². The molecule has 1 unspecified atom stereocenters. The van der Waals surface area contributed by atoms with E-state index in [4.69, 9.17) is 14.7 Å². The van der Waals surface area contributed by atoms with Crippen LogP contribution < -0.4 is 9.47 Å². The highest BCUT2D eigenvalue weighted by Crippen LogP contribution is 2.28. The van der Waals surface area contributed by atoms with E-state index in [1.165, 1.54) is 12.8 Å². The van der Waals surface area contributed by atoms with Crippen LogP contribution >= 0.6 is 0 Å². The molecule has 1 atom stereocenters. The van der Waals surface area contributed by atoms with Crippen molar-refractivity contribution in [1.29, 1.82) is 5.26 Å². The van der Waals surface area contributed by atoms with Gasteiger partial charge in [0.05, 0.1) is 18.7 Å². The summed E-state index contributed by atoms with van der Waals surface area (Å²) in [6, 6.07) is 7.82. The zero-order valence-electron chi connectivity index (χ0n) is 11.6. The highest BCUT2D eigenvalue weighted by molar-refractivity contribution is 5.46. The third kappa shape index (κ3) is 3.39. The second kappa shape index (κ2) is 6.44. The summed E-state index contributed by atoms with van der Waals surface area (Å²) in [5.74, 6) is 1.33. The molecule has 1 aromatic carbocycles. The topological polar surface area (TPSA) is 45.5 Å². The molecule has 4 nitrogen and oxygen atoms in total. The first-order chi connectivity index (χ1) is 9.24. The minimum Gasteiger partial charge on any atom is -0.493 e. The van der Waals surface area contributed by atoms with E-state index in [1.807, 2.05) is 0 Å². The van der Waals surface area contributed by atoms with Crippen LogP contribution in [0.2, 0.25) is 0 Å². The SMILES string of the molecule is COc1ccc(C#N)cc1OCC1CCCCN1C. The maximum absolute atomic E-state index is 8.93. The lowest BCUT2D eigenvalue weighted by Crippen LogP contribution is -2.40. The Kier molecular flexibility index (Phi) is 4.64. The number of methoxy groups -OCH3 is 1. The lowest BCUT2D eigenvalue weighted by molar-refractivity contribution is 0.123. The van der Waals surface area contributed by atoms with E-state index in [1.54, 1.807) is 25.3 Å². The number of piperidine rings is 1. The molecule has 102 valence electrons. The summed E-state index contributed by atoms with van der Waals surface area (Å²) in [6.07, 6.45) is 3.69. The summed E-state index contributed by atoms with van der Waals surface area (Å²) in [4.78, 5) is 2.34. The van der Waals surface area contributed by atoms with Crippen molar-refractivity contribution in [3.05, 3.63) is 23.8 Å². The zero-order chi connectivity index (χ0) is 13.7. The van der Waals surface area contributed by atoms with Gasteiger partial charge in [0.25, 0.3) is 0 Å². The Morgan fingerprint density at radius 1 is 1.37 bits per heavy atom. The molecule has 0 aliphatic carbocycles. The lowest BCUT2D eigenvalue weighted by Gasteiger charge is -2.32. The molecule has 1 fully saturated rings. The molecule has 0 bridgehead atoms. The average Bonchev–Trinajstić information content (AvgIpc) is 2.46. The Balaban J connectivity index is 2.03. The average molecular weight is 260 g/mol. The van der Waals surface area contributed by atoms with Crippen molar-refractivity contribution in [3.63, 3.8) is 0 Å². The van der Waals surface area contributed by atoms with E-state index in [2.05, 4.69) is 18.0 Å². The van der Waals surface area contributed by atoms with E-state index >= 15 is 0 Å². The van der Waals surface area contributed by atoms with E-state index in [0.717, 1.165) is 13.0 Å². The van der Waals surface area contributed by atoms with Gasteiger partial charge in [0.2, 0.25) is 0 Å². The van der Waals surface area contributed by atoms with Gasteiger partial charge in [0.15, 0.2) is 11.5 Å². The van der Waals surface area contributed by atoms with Crippen LogP contribution in [0.15, 0.2) is 18.2 Å². The quantitative estimate of drug-likeness (QED) is 0.834. The molecule has 0 amide bonds. The third-order valence-corrected chi connectivity index (χ3v) is 3.65. The molecule has 0 aromatic heterocycles. The summed E-state index contributed by atoms with van der Waals surface area (Å²) in [7, 11) is 3.75. The van der Waals surface area contributed by atoms with Gasteiger partial charge in [-0.05, 0) is 38.6 Å². The van der Waals surface area contributed by atoms with Crippen LogP contribution in [0.5, 0.6) is 11.5 Å². The predicted molar refractivity (Wildman–Crippen MR) is 73.5 cm³/mol. The number of nitrogens with zero attached hydrogens (tertiary/aromatic N) is 2. The summed E-state index contributed by atoms with van der Waals surface area (Å²) in [5, 5.41) is 8.93. The van der Waals surface area contributed by atoms with Crippen molar-refractivity contribution in [2.75, 3.05) is 27.3 Å². The Labute approximate surface area is 114 Å². The van der Waals surface area contributed by atoms with Gasteiger partial charge in [-0.25, -0.2) is 0 Å². The highest BCUT2D eigenvalue weighted by Gasteiger charge is 2.20. The summed E-state index contributed by atoms with van der Waals surface area (Å²) in [5.41, 5.74) is 0.591. The van der Waals surface area contributed by atoms with E-state index in [-0.39, 0.29) is 0 Å². The Bertz CT molecular complexity index is 468. The Morgan fingerprint density at radius 3 is 2.89 bits per heavy atom. The normalized spacial score (nSPS) is 19.7. The number of nitriles is 1. The number of benzene rings is 1. The van der Waals surface area contributed by atoms with Gasteiger partial charge >= 0.3 is 0 Å². The molecule has 0 spiro atoms. The smallest absolute Gasteiger partial charge is 0.162 e. The van der Waals surface area contributed by atoms with Crippen molar-refractivity contribution >= 4 is 0 Å². The zero-order valence-corrected chi connectivity index (χ0v) is 11.6. The van der Waals surface area contributed by atoms with Crippen LogP contribution in [0.1, 0.15) is 24.8 Å². The molecule has 19 heavy (non-hydrogen) atoms. The molecule has 0 N–H and O–H groups in total. The molecule has 1 aromatic rings. The first-order valence-electron chi connectivity index (χ1n) is 6.65. The minimum absolute atomic E-state index is 0.448. The fraction of sp³-hybridized carbons (Fsp3) is 0.533. The van der Waals surface area contributed by atoms with Crippen molar-refractivity contribution in [2.45, 2.75) is 25.3 Å². The van der Waals surface area contributed by atoms with Crippen LogP contribution in [-0.4, -0.2) is 38.3 Å². The van der Waals surface area contributed by atoms with Crippen LogP contribution in [0.25, 0.3) is 0 Å². The largest absolute Gasteiger partial charge is 0.493 e. The van der Waals surface area contributed by atoms with Crippen molar-refractivity contribution in [3.8, 4) is 17.6 Å². The minimum atomic E-state index is 0.448. The number of hydrogen-bond donors (Lipinski definition) is 0. The molecule has 1 aliphatic heterocycles. The van der Waals surface area contributed by atoms with Crippen LogP contribution in [0, 0.1) is 11.3 Å². The molecule has 1 heterocycles. The third-order valence-electron chi connectivity index (χ3n) is 3.65. The van der Waals surface area contributed by atoms with Crippen molar-refractivity contribution < 1.29 is 9.47 Å². The molecule has 0 saturated carbocycles. The second-order valence-electron chi connectivity index (χ2n) is 4.92. The maximum Gasteiger partial charge on any atom is 0.162 e. The van der Waals surface area contributed by atoms with Gasteiger partial charge in [-0.15, -0.1) is 0 Å². The van der Waals surface area contributed by atoms with Crippen molar-refractivity contribution in [2.24, 2.45) is 0 Å². The van der Waals surface area contributed by atoms with Gasteiger partial charge in [-0.2, -0.15) is 5.26 Å². The maximum atomic E-state index is 8.93. The van der Waals surface area contributed by atoms with Gasteiger partial charge in [-0.3, -0.25) is 0 Å². The molecule has 2 rings (SSSR count). The van der Waals surface area contributed by atoms with Crippen LogP contribution in [0.4, 0.5) is 0 Å². The molecule has 1 saturated heterocycles. The second-order valence-corrected chi connectivity index (χ2v) is 4.92. The van der Waals surface area contributed by atoms with Crippen LogP contribution in [0.3, 0.4) is 0 Å². The first kappa shape index (κ1) is 13.7. The molecule has 4 heteroatoms. The molecule has 0 radical (unpaired) electrons. The number of hydrogen-bond acceptors (Lipinski definition) is 4. The molecular formula is C15H20N2O2. The summed E-state index contributed by atoms with van der Waals surface area (Å²) in [6.45, 7) is 1.77. The standard InChI is InChI=1S/C15H20N2O2/c1-17-8-4-3-5-13(17)11-19-15-9-12(10-16)6-7-14(15)18-2/h6-7,9,13H,3-5,8,11H2,1-2H3. The molecule has 1 aliphatic rings. The molecular weight excluding hydrogens is 240 g/mol. The highest BCUT2D eigenvalue weighted by atomic mass is 16.5. The predicted octanol–water partition coefficient (Wildman–Crippen LogP) is 2.43. The Hall–Kier alpha value is -1.73. The fourth-order valence-corrected chi connectivity index (χ4v) is 2.40. The van der Waals surface area contributed by atoms with Gasteiger partial charge < -0.3 is 14.4 Å². The summed E-state index contributed by atoms with van der Waals surface area (Å²) >= 11 is 0. The van der Waals surface area contributed by atoms with Gasteiger partial charge in [-0.1, -0.05) is 6.42 Å². The van der Waals surface area contributed by atoms with Gasteiger partial charge in [0.1, 0.15) is 6.61 Å². The number of rotatable bonds is 4. The number of likely N-dealkylation sites (N-methyl/N-ethyl adjacent to an activating group) is 1. The van der Waals surface area contributed by atoms with Gasteiger partial charge in [0, 0.05) is 12.1 Å². The number of ether oxygens (including phenoxy) is 2. The number of likely N-dealkylation sites (tertiary alicyclic amines) is 1. The van der Waals surface area contributed by atoms with Crippen molar-refractivity contribution in [1.82, 2.24) is 4.90 Å². The lowest BCUT2D eigenvalue weighted by atomic mass is 10.0. The monoisotopic (exact) mass is 260 g/mol. The first-order valence-corrected chi connectivity index (χ1v) is 6.65. The summed E-state index contributed by atoms with van der Waals surface area (Å²) < 4.78 is 11.1. The fourth-order valence-electron chi connectivity index (χ4n) is 2.40.